The van der Waals surface area contributed by atoms with Gasteiger partial charge in [-0.15, -0.1) is 0 Å². The number of nitrogens with one attached hydrogen (secondary N) is 2. The van der Waals surface area contributed by atoms with E-state index in [0.717, 1.165) is 17.1 Å². The molecule has 1 heterocycles. The topological polar surface area (TPSA) is 156 Å². The van der Waals surface area contributed by atoms with Crippen LogP contribution >= 0.6 is 0 Å². The number of imide groups is 1. The average molecular weight is 338 g/mol. The van der Waals surface area contributed by atoms with Crippen LogP contribution < -0.4 is 16.4 Å². The lowest BCUT2D eigenvalue weighted by Gasteiger charge is -2.18. The molecule has 10 nitrogen and oxygen atoms in total. The fourth-order valence-electron chi connectivity index (χ4n) is 1.88. The van der Waals surface area contributed by atoms with Crippen LogP contribution in [0.3, 0.4) is 0 Å². The van der Waals surface area contributed by atoms with E-state index in [0.29, 0.717) is 0 Å². The van der Waals surface area contributed by atoms with Gasteiger partial charge >= 0.3 is 0 Å². The van der Waals surface area contributed by atoms with Crippen molar-refractivity contribution in [1.29, 1.82) is 0 Å². The van der Waals surface area contributed by atoms with Gasteiger partial charge in [-0.05, 0) is 6.92 Å². The Kier molecular flexibility index (Phi) is 6.78. The summed E-state index contributed by atoms with van der Waals surface area (Å²) in [5.41, 5.74) is 5.03. The van der Waals surface area contributed by atoms with E-state index in [1.54, 1.807) is 0 Å². The molecule has 1 atom stereocenters. The fraction of sp³-hybridized carbons (Fsp3) is 0.429. The monoisotopic (exact) mass is 338 g/mol. The third kappa shape index (κ3) is 5.99. The Labute approximate surface area is 137 Å². The number of carbonyl (C=O) groups excluding carboxylic acids is 6. The largest absolute Gasteiger partial charge is 0.370 e. The van der Waals surface area contributed by atoms with Crippen LogP contribution in [0.4, 0.5) is 0 Å². The normalized spacial score (nSPS) is 14.5. The lowest BCUT2D eigenvalue weighted by atomic mass is 10.1. The molecule has 10 heteroatoms. The van der Waals surface area contributed by atoms with E-state index in [1.165, 1.54) is 6.92 Å². The zero-order valence-corrected chi connectivity index (χ0v) is 13.0. The number of carbonyl (C=O) groups is 6. The molecule has 0 bridgehead atoms. The van der Waals surface area contributed by atoms with Crippen LogP contribution in [0.5, 0.6) is 0 Å². The van der Waals surface area contributed by atoms with Gasteiger partial charge in [0, 0.05) is 25.1 Å². The Bertz CT molecular complexity index is 594. The van der Waals surface area contributed by atoms with Gasteiger partial charge in [-0.25, -0.2) is 0 Å². The molecule has 0 aromatic heterocycles. The molecule has 0 fully saturated rings. The number of nitrogens with zero attached hydrogens (tertiary/aromatic N) is 1. The van der Waals surface area contributed by atoms with Gasteiger partial charge in [-0.1, -0.05) is 0 Å². The van der Waals surface area contributed by atoms with E-state index in [4.69, 9.17) is 5.73 Å². The van der Waals surface area contributed by atoms with Gasteiger partial charge in [-0.3, -0.25) is 33.7 Å². The predicted octanol–water partition coefficient (Wildman–Crippen LogP) is -2.63. The molecule has 24 heavy (non-hydrogen) atoms. The molecule has 0 saturated heterocycles. The number of hydrogen-bond donors (Lipinski definition) is 3. The van der Waals surface area contributed by atoms with Crippen molar-refractivity contribution in [2.24, 2.45) is 5.73 Å². The van der Waals surface area contributed by atoms with E-state index in [-0.39, 0.29) is 25.3 Å². The summed E-state index contributed by atoms with van der Waals surface area (Å²) in [6.45, 7) is 0.862. The highest BCUT2D eigenvalue weighted by atomic mass is 16.2. The summed E-state index contributed by atoms with van der Waals surface area (Å²) in [6.07, 6.45) is 1.49. The van der Waals surface area contributed by atoms with Crippen LogP contribution in [0.1, 0.15) is 19.8 Å². The van der Waals surface area contributed by atoms with E-state index in [1.807, 2.05) is 0 Å². The van der Waals surface area contributed by atoms with Crippen molar-refractivity contribution in [3.63, 3.8) is 0 Å². The number of Topliss-reactive ketones (excluding diaryl/α,β-unsaturated/α-hetero) is 1. The smallest absolute Gasteiger partial charge is 0.253 e. The maximum Gasteiger partial charge on any atom is 0.253 e. The second-order valence-corrected chi connectivity index (χ2v) is 5.12. The molecule has 130 valence electrons. The molecule has 1 rings (SSSR count). The molecular formula is C14H18N4O6. The fourth-order valence-corrected chi connectivity index (χ4v) is 1.88. The van der Waals surface area contributed by atoms with Gasteiger partial charge in [0.05, 0.1) is 13.0 Å². The standard InChI is InChI=1S/C14H18N4O6/c1-8(19)7-16-14(24)9(6-10(15)20)17-11(21)4-5-18-12(22)2-3-13(18)23/h2-3,9H,4-7H2,1H3,(H2,15,20)(H,16,24)(H,17,21). The van der Waals surface area contributed by atoms with Crippen molar-refractivity contribution >= 4 is 35.3 Å². The molecule has 1 aliphatic rings. The van der Waals surface area contributed by atoms with E-state index >= 15 is 0 Å². The average Bonchev–Trinajstić information content (AvgIpc) is 2.80. The van der Waals surface area contributed by atoms with Gasteiger partial charge in [0.15, 0.2) is 0 Å². The van der Waals surface area contributed by atoms with Crippen molar-refractivity contribution in [1.82, 2.24) is 15.5 Å². The predicted molar refractivity (Wildman–Crippen MR) is 79.9 cm³/mol. The van der Waals surface area contributed by atoms with Crippen LogP contribution in [0, 0.1) is 0 Å². The minimum Gasteiger partial charge on any atom is -0.370 e. The minimum atomic E-state index is -1.24. The van der Waals surface area contributed by atoms with Crippen LogP contribution in [-0.2, 0) is 28.8 Å². The maximum atomic E-state index is 11.9. The number of rotatable bonds is 9. The van der Waals surface area contributed by atoms with Crippen molar-refractivity contribution in [3.05, 3.63) is 12.2 Å². The van der Waals surface area contributed by atoms with E-state index in [2.05, 4.69) is 10.6 Å². The van der Waals surface area contributed by atoms with Gasteiger partial charge in [0.1, 0.15) is 11.8 Å². The lowest BCUT2D eigenvalue weighted by Crippen LogP contribution is -2.50. The third-order valence-electron chi connectivity index (χ3n) is 3.03. The quantitative estimate of drug-likeness (QED) is 0.390. The molecule has 0 aromatic rings. The van der Waals surface area contributed by atoms with Crippen molar-refractivity contribution in [2.75, 3.05) is 13.1 Å². The lowest BCUT2D eigenvalue weighted by molar-refractivity contribution is -0.137. The van der Waals surface area contributed by atoms with Gasteiger partial charge in [0.25, 0.3) is 11.8 Å². The summed E-state index contributed by atoms with van der Waals surface area (Å²) in [5, 5.41) is 4.56. The zero-order valence-electron chi connectivity index (χ0n) is 13.0. The summed E-state index contributed by atoms with van der Waals surface area (Å²) in [5.74, 6) is -3.54. The van der Waals surface area contributed by atoms with E-state index in [9.17, 15) is 28.8 Å². The highest BCUT2D eigenvalue weighted by Crippen LogP contribution is 2.04. The first kappa shape index (κ1) is 19.0. The summed E-state index contributed by atoms with van der Waals surface area (Å²) >= 11 is 0. The zero-order chi connectivity index (χ0) is 18.3. The molecule has 0 saturated carbocycles. The molecule has 5 amide bonds. The third-order valence-corrected chi connectivity index (χ3v) is 3.03. The summed E-state index contributed by atoms with van der Waals surface area (Å²) in [6, 6.07) is -1.24. The Hall–Kier alpha value is -3.04. The number of nitrogens with two attached hydrogens (primary N) is 1. The molecular weight excluding hydrogens is 320 g/mol. The maximum absolute atomic E-state index is 11.9. The summed E-state index contributed by atoms with van der Waals surface area (Å²) < 4.78 is 0. The highest BCUT2D eigenvalue weighted by Gasteiger charge is 2.26. The summed E-state index contributed by atoms with van der Waals surface area (Å²) in [7, 11) is 0. The molecule has 0 spiro atoms. The first-order valence-electron chi connectivity index (χ1n) is 7.09. The van der Waals surface area contributed by atoms with Gasteiger partial charge < -0.3 is 16.4 Å². The first-order chi connectivity index (χ1) is 11.2. The molecule has 0 aliphatic carbocycles. The highest BCUT2D eigenvalue weighted by molar-refractivity contribution is 6.13. The molecule has 0 aromatic carbocycles. The Morgan fingerprint density at radius 3 is 2.25 bits per heavy atom. The molecule has 1 unspecified atom stereocenters. The van der Waals surface area contributed by atoms with Crippen molar-refractivity contribution in [2.45, 2.75) is 25.8 Å². The van der Waals surface area contributed by atoms with Crippen LogP contribution in [0.15, 0.2) is 12.2 Å². The molecule has 1 aliphatic heterocycles. The number of ketones is 1. The molecule has 4 N–H and O–H groups in total. The minimum absolute atomic E-state index is 0.158. The first-order valence-corrected chi connectivity index (χ1v) is 7.09. The number of hydrogen-bond acceptors (Lipinski definition) is 6. The van der Waals surface area contributed by atoms with Crippen LogP contribution in [-0.4, -0.2) is 59.4 Å². The SMILES string of the molecule is CC(=O)CNC(=O)C(CC(N)=O)NC(=O)CCN1C(=O)C=CC1=O. The second kappa shape index (κ2) is 8.56. The van der Waals surface area contributed by atoms with Crippen molar-refractivity contribution < 1.29 is 28.8 Å². The van der Waals surface area contributed by atoms with Crippen molar-refractivity contribution in [3.8, 4) is 0 Å². The number of amides is 5. The van der Waals surface area contributed by atoms with Gasteiger partial charge in [0.2, 0.25) is 17.7 Å². The Morgan fingerprint density at radius 2 is 1.75 bits per heavy atom. The Balaban J connectivity index is 2.55. The van der Waals surface area contributed by atoms with Crippen LogP contribution in [0.2, 0.25) is 0 Å². The second-order valence-electron chi connectivity index (χ2n) is 5.12. The summed E-state index contributed by atoms with van der Waals surface area (Å²) in [4.78, 5) is 69.2. The number of primary amides is 1. The van der Waals surface area contributed by atoms with E-state index < -0.39 is 42.0 Å². The Morgan fingerprint density at radius 1 is 1.17 bits per heavy atom. The van der Waals surface area contributed by atoms with Gasteiger partial charge in [-0.2, -0.15) is 0 Å². The van der Waals surface area contributed by atoms with Crippen LogP contribution in [0.25, 0.3) is 0 Å². The molecule has 0 radical (unpaired) electrons.